The van der Waals surface area contributed by atoms with E-state index in [1.807, 2.05) is 0 Å². The summed E-state index contributed by atoms with van der Waals surface area (Å²) in [5, 5.41) is 16.6. The second kappa shape index (κ2) is 7.82. The fourth-order valence-electron chi connectivity index (χ4n) is 5.38. The number of nitrogens with zero attached hydrogens (tertiary/aromatic N) is 5. The Morgan fingerprint density at radius 1 is 1.15 bits per heavy atom. The van der Waals surface area contributed by atoms with Gasteiger partial charge in [-0.15, -0.1) is 0 Å². The Hall–Kier alpha value is -3.96. The number of nitrogens with one attached hydrogen (secondary N) is 2. The fraction of sp³-hybridized carbons (Fsp3) is 0.364. The molecule has 2 unspecified atom stereocenters. The monoisotopic (exact) mass is 467 g/mol. The number of anilines is 1. The van der Waals surface area contributed by atoms with E-state index in [2.05, 4.69) is 35.4 Å². The van der Waals surface area contributed by atoms with E-state index in [4.69, 9.17) is 4.52 Å². The first-order valence-corrected chi connectivity index (χ1v) is 11.0. The van der Waals surface area contributed by atoms with E-state index in [1.54, 1.807) is 0 Å². The Bertz CT molecular complexity index is 1380. The first kappa shape index (κ1) is 20.6. The predicted molar refractivity (Wildman–Crippen MR) is 114 cm³/mol. The molecule has 3 aliphatic rings. The summed E-state index contributed by atoms with van der Waals surface area (Å²) >= 11 is 0. The molecule has 174 valence electrons. The van der Waals surface area contributed by atoms with Crippen LogP contribution in [0.1, 0.15) is 25.7 Å². The minimum absolute atomic E-state index is 0.0324. The van der Waals surface area contributed by atoms with E-state index in [1.165, 1.54) is 18.5 Å². The van der Waals surface area contributed by atoms with Crippen LogP contribution in [0.2, 0.25) is 0 Å². The highest BCUT2D eigenvalue weighted by Gasteiger charge is 2.47. The van der Waals surface area contributed by atoms with E-state index < -0.39 is 29.7 Å². The summed E-state index contributed by atoms with van der Waals surface area (Å²) < 4.78 is 34.6. The summed E-state index contributed by atoms with van der Waals surface area (Å²) in [7, 11) is 0. The summed E-state index contributed by atoms with van der Waals surface area (Å²) in [6, 6.07) is 0.973. The minimum Gasteiger partial charge on any atom is -0.481 e. The molecule has 0 radical (unpaired) electrons. The van der Waals surface area contributed by atoms with Crippen molar-refractivity contribution in [3.8, 4) is 22.8 Å². The zero-order valence-corrected chi connectivity index (χ0v) is 17.7. The topological polar surface area (TPSA) is 143 Å². The Labute approximate surface area is 190 Å². The van der Waals surface area contributed by atoms with Crippen LogP contribution >= 0.6 is 0 Å². The van der Waals surface area contributed by atoms with Crippen molar-refractivity contribution in [2.45, 2.75) is 31.7 Å². The molecule has 0 amide bonds. The molecule has 4 aromatic rings. The quantitative estimate of drug-likeness (QED) is 0.401. The van der Waals surface area contributed by atoms with Crippen LogP contribution in [0, 0.1) is 29.5 Å². The van der Waals surface area contributed by atoms with Gasteiger partial charge in [0.2, 0.25) is 5.95 Å². The van der Waals surface area contributed by atoms with Gasteiger partial charge in [0, 0.05) is 18.3 Å². The Morgan fingerprint density at radius 2 is 1.94 bits per heavy atom. The first-order chi connectivity index (χ1) is 16.5. The van der Waals surface area contributed by atoms with Gasteiger partial charge in [0.05, 0.1) is 23.9 Å². The molecular weight excluding hydrogens is 448 g/mol. The van der Waals surface area contributed by atoms with Crippen molar-refractivity contribution in [2.75, 3.05) is 5.32 Å². The van der Waals surface area contributed by atoms with Crippen molar-refractivity contribution in [2.24, 2.45) is 17.8 Å². The molecule has 0 saturated heterocycles. The maximum atomic E-state index is 15.6. The van der Waals surface area contributed by atoms with Gasteiger partial charge >= 0.3 is 5.97 Å². The predicted octanol–water partition coefficient (Wildman–Crippen LogP) is 3.65. The maximum Gasteiger partial charge on any atom is 0.308 e. The number of halogens is 2. The number of carboxylic acids is 1. The highest BCUT2D eigenvalue weighted by atomic mass is 19.1. The Morgan fingerprint density at radius 3 is 2.68 bits per heavy atom. The highest BCUT2D eigenvalue weighted by molar-refractivity contribution is 5.88. The molecule has 4 heterocycles. The van der Waals surface area contributed by atoms with E-state index in [-0.39, 0.29) is 40.4 Å². The van der Waals surface area contributed by atoms with Crippen LogP contribution in [0.4, 0.5) is 14.6 Å². The third-order valence-corrected chi connectivity index (χ3v) is 6.92. The molecule has 3 saturated carbocycles. The molecule has 7 rings (SSSR count). The maximum absolute atomic E-state index is 15.6. The molecule has 4 aromatic heterocycles. The lowest BCUT2D eigenvalue weighted by molar-refractivity contribution is -0.148. The van der Waals surface area contributed by atoms with E-state index in [0.29, 0.717) is 11.2 Å². The van der Waals surface area contributed by atoms with Crippen LogP contribution in [-0.2, 0) is 4.79 Å². The third kappa shape index (κ3) is 3.28. The van der Waals surface area contributed by atoms with Crippen LogP contribution in [-0.4, -0.2) is 47.2 Å². The van der Waals surface area contributed by atoms with Crippen molar-refractivity contribution >= 4 is 23.0 Å². The number of H-pyrrole nitrogens is 1. The second-order valence-corrected chi connectivity index (χ2v) is 8.74. The van der Waals surface area contributed by atoms with Crippen LogP contribution in [0.15, 0.2) is 29.2 Å². The smallest absolute Gasteiger partial charge is 0.308 e. The van der Waals surface area contributed by atoms with Gasteiger partial charge in [-0.1, -0.05) is 5.16 Å². The van der Waals surface area contributed by atoms with Gasteiger partial charge in [0.1, 0.15) is 5.52 Å². The first-order valence-electron chi connectivity index (χ1n) is 11.0. The molecule has 0 aromatic carbocycles. The summed E-state index contributed by atoms with van der Waals surface area (Å²) in [4.78, 5) is 31.5. The lowest BCUT2D eigenvalue weighted by Crippen LogP contribution is -2.51. The number of carboxylic acid groups (broad SMARTS) is 1. The zero-order chi connectivity index (χ0) is 23.4. The van der Waals surface area contributed by atoms with E-state index in [0.717, 1.165) is 31.9 Å². The van der Waals surface area contributed by atoms with E-state index >= 15 is 4.39 Å². The SMILES string of the molecule is O=C(O)C1C2CCC(CC2)C1Nc1nc(-c2c[nH]c3ncc(F)nc23)nc(-c2ccno2)c1F. The fourth-order valence-corrected chi connectivity index (χ4v) is 5.38. The molecule has 12 heteroatoms. The Balaban J connectivity index is 1.49. The second-order valence-electron chi connectivity index (χ2n) is 8.74. The van der Waals surface area contributed by atoms with Crippen molar-refractivity contribution in [3.05, 3.63) is 36.4 Å². The largest absolute Gasteiger partial charge is 0.481 e. The lowest BCUT2D eigenvalue weighted by Gasteiger charge is -2.47. The Kier molecular flexibility index (Phi) is 4.74. The van der Waals surface area contributed by atoms with Crippen LogP contribution in [0.5, 0.6) is 0 Å². The van der Waals surface area contributed by atoms with Crippen LogP contribution in [0.3, 0.4) is 0 Å². The van der Waals surface area contributed by atoms with Crippen molar-refractivity contribution in [3.63, 3.8) is 0 Å². The van der Waals surface area contributed by atoms with Gasteiger partial charge in [0.25, 0.3) is 0 Å². The molecule has 3 aliphatic carbocycles. The number of aromatic nitrogens is 6. The van der Waals surface area contributed by atoms with Crippen LogP contribution in [0.25, 0.3) is 34.0 Å². The normalized spacial score (nSPS) is 23.9. The average Bonchev–Trinajstić information content (AvgIpc) is 3.51. The number of hydrogen-bond donors (Lipinski definition) is 3. The summed E-state index contributed by atoms with van der Waals surface area (Å²) in [6.07, 6.45) is 7.28. The number of rotatable bonds is 5. The summed E-state index contributed by atoms with van der Waals surface area (Å²) in [6.45, 7) is 0. The molecule has 0 aliphatic heterocycles. The molecule has 0 spiro atoms. The van der Waals surface area contributed by atoms with Crippen molar-refractivity contribution in [1.29, 1.82) is 0 Å². The molecule has 3 N–H and O–H groups in total. The van der Waals surface area contributed by atoms with Crippen LogP contribution < -0.4 is 5.32 Å². The van der Waals surface area contributed by atoms with Crippen molar-refractivity contribution in [1.82, 2.24) is 30.1 Å². The van der Waals surface area contributed by atoms with Gasteiger partial charge in [-0.2, -0.15) is 4.39 Å². The highest BCUT2D eigenvalue weighted by Crippen LogP contribution is 2.46. The number of carbonyl (C=O) groups is 1. The molecule has 34 heavy (non-hydrogen) atoms. The van der Waals surface area contributed by atoms with E-state index in [9.17, 15) is 14.3 Å². The molecule has 3 fully saturated rings. The van der Waals surface area contributed by atoms with Gasteiger partial charge in [-0.25, -0.2) is 24.3 Å². The number of hydrogen-bond acceptors (Lipinski definition) is 8. The van der Waals surface area contributed by atoms with Crippen molar-refractivity contribution < 1.29 is 23.2 Å². The van der Waals surface area contributed by atoms with Gasteiger partial charge < -0.3 is 19.9 Å². The summed E-state index contributed by atoms with van der Waals surface area (Å²) in [5.41, 5.74) is 0.652. The van der Waals surface area contributed by atoms with Gasteiger partial charge in [-0.05, 0) is 37.5 Å². The molecule has 2 atom stereocenters. The molecule has 2 bridgehead atoms. The number of aromatic amines is 1. The summed E-state index contributed by atoms with van der Waals surface area (Å²) in [5.74, 6) is -3.04. The van der Waals surface area contributed by atoms with Gasteiger partial charge in [0.15, 0.2) is 34.6 Å². The lowest BCUT2D eigenvalue weighted by atomic mass is 9.61. The zero-order valence-electron chi connectivity index (χ0n) is 17.7. The average molecular weight is 467 g/mol. The third-order valence-electron chi connectivity index (χ3n) is 6.92. The number of fused-ring (bicyclic) bond motifs is 4. The van der Waals surface area contributed by atoms with Gasteiger partial charge in [-0.3, -0.25) is 4.79 Å². The molecular formula is C22H19F2N7O3. The molecule has 10 nitrogen and oxygen atoms in total. The standard InChI is InChI=1S/C22H19F2N7O3/c23-13-8-26-21-17(28-13)11(7-25-21)19-30-18(12-5-6-27-34-12)15(24)20(31-19)29-16-10-3-1-9(2-4-10)14(16)22(32)33/h5-10,14,16H,1-4H2,(H,25,26)(H,32,33)(H,29,30,31). The number of aliphatic carboxylic acids is 1. The minimum atomic E-state index is -0.903.